The van der Waals surface area contributed by atoms with E-state index in [2.05, 4.69) is 0 Å². The zero-order chi connectivity index (χ0) is 54.2. The molecule has 6 fully saturated rings. The third kappa shape index (κ3) is 18.1. The standard InChI is InChI=1S/C20H20O6.C10H12O3.C10H10O3.C10H12O3.C10H10O3/c21-18(17-13-24-20(26-17)15-9-5-2-6-10-15)22-11-16-12-23-19(25-16)14-7-3-1-4-8-14;2*11-9-6-12-10(13-7-9)8-4-2-1-3-5-8;2*11-6-9-7-12-10(13-9)8-4-2-1-3-5-8/h1-10,16-17,19-20H,11-13H2;1-5,9-11H,6-7H2;1-5,10H,6-7H2;1-5,9-11H,6-7H2;1-6,9-10H,7H2. The minimum Gasteiger partial charge on any atom is -0.461 e. The molecule has 6 heterocycles. The number of hydrogen-bond donors (Lipinski definition) is 2. The van der Waals surface area contributed by atoms with Crippen molar-refractivity contribution < 1.29 is 86.2 Å². The average molecular weight is 1070 g/mol. The van der Waals surface area contributed by atoms with Crippen LogP contribution in [0.5, 0.6) is 0 Å². The fourth-order valence-corrected chi connectivity index (χ4v) is 8.03. The van der Waals surface area contributed by atoms with Crippen molar-refractivity contribution in [3.8, 4) is 0 Å². The van der Waals surface area contributed by atoms with Gasteiger partial charge in [-0.1, -0.05) is 182 Å². The first-order valence-corrected chi connectivity index (χ1v) is 25.6. The first kappa shape index (κ1) is 57.7. The number of aliphatic hydroxyl groups is 2. The van der Waals surface area contributed by atoms with E-state index in [1.54, 1.807) is 0 Å². The minimum absolute atomic E-state index is 0.00724. The molecule has 0 spiro atoms. The number of Topliss-reactive ketones (excluding diaryl/α,β-unsaturated/α-hetero) is 1. The predicted molar refractivity (Wildman–Crippen MR) is 277 cm³/mol. The van der Waals surface area contributed by atoms with Gasteiger partial charge in [0.05, 0.1) is 46.2 Å². The Kier molecular flexibility index (Phi) is 23.1. The van der Waals surface area contributed by atoms with Crippen LogP contribution in [0.4, 0.5) is 0 Å². The molecule has 0 radical (unpaired) electrons. The van der Waals surface area contributed by atoms with E-state index in [9.17, 15) is 14.4 Å². The predicted octanol–water partition coefficient (Wildman–Crippen LogP) is 7.54. The van der Waals surface area contributed by atoms with Gasteiger partial charge in [0.2, 0.25) is 0 Å². The van der Waals surface area contributed by atoms with Gasteiger partial charge in [-0.2, -0.15) is 0 Å². The largest absolute Gasteiger partial charge is 0.461 e. The van der Waals surface area contributed by atoms with Crippen molar-refractivity contribution in [2.45, 2.75) is 68.3 Å². The maximum atomic E-state index is 12.2. The van der Waals surface area contributed by atoms with Crippen LogP contribution in [0.3, 0.4) is 0 Å². The number of aliphatic hydroxyl groups excluding tert-OH is 2. The lowest BCUT2D eigenvalue weighted by atomic mass is 10.2. The molecule has 6 aliphatic heterocycles. The third-order valence-electron chi connectivity index (χ3n) is 12.0. The molecular formula is C60H64O18. The van der Waals surface area contributed by atoms with E-state index in [1.807, 2.05) is 182 Å². The van der Waals surface area contributed by atoms with E-state index in [0.29, 0.717) is 33.0 Å². The van der Waals surface area contributed by atoms with Crippen LogP contribution in [0.25, 0.3) is 0 Å². The second-order valence-electron chi connectivity index (χ2n) is 18.0. The van der Waals surface area contributed by atoms with E-state index >= 15 is 0 Å². The molecule has 8 atom stereocenters. The van der Waals surface area contributed by atoms with Crippen molar-refractivity contribution in [3.05, 3.63) is 215 Å². The number of hydrogen-bond acceptors (Lipinski definition) is 18. The highest BCUT2D eigenvalue weighted by Crippen LogP contribution is 2.31. The fraction of sp³-hybridized carbons (Fsp3) is 0.350. The summed E-state index contributed by atoms with van der Waals surface area (Å²) in [7, 11) is 0. The van der Waals surface area contributed by atoms with Gasteiger partial charge in [-0.15, -0.1) is 0 Å². The molecule has 0 aliphatic carbocycles. The molecule has 0 bridgehead atoms. The summed E-state index contributed by atoms with van der Waals surface area (Å²) in [5, 5.41) is 17.9. The van der Waals surface area contributed by atoms with Crippen LogP contribution in [0.2, 0.25) is 0 Å². The van der Waals surface area contributed by atoms with E-state index in [-0.39, 0.29) is 76.2 Å². The fourth-order valence-electron chi connectivity index (χ4n) is 8.03. The molecule has 18 nitrogen and oxygen atoms in total. The van der Waals surface area contributed by atoms with E-state index in [0.717, 1.165) is 39.7 Å². The SMILES string of the molecule is O=C(OCC1COC(c2ccccc2)O1)C1COC(c2ccccc2)O1.O=C1COC(c2ccccc2)OC1.O=CC1COC(c2ccccc2)O1.OC1COC(c2ccccc2)OC1.OCC1COC(c2ccccc2)O1. The Labute approximate surface area is 452 Å². The number of carbonyl (C=O) groups excluding carboxylic acids is 3. The molecule has 0 aromatic heterocycles. The van der Waals surface area contributed by atoms with Crippen molar-refractivity contribution in [1.29, 1.82) is 0 Å². The number of rotatable bonds is 11. The van der Waals surface area contributed by atoms with Gasteiger partial charge in [0.15, 0.2) is 55.9 Å². The average Bonchev–Trinajstić information content (AvgIpc) is 4.38. The van der Waals surface area contributed by atoms with Crippen molar-refractivity contribution >= 4 is 18.0 Å². The summed E-state index contributed by atoms with van der Waals surface area (Å²) in [5.74, 6) is -0.456. The summed E-state index contributed by atoms with van der Waals surface area (Å²) >= 11 is 0. The van der Waals surface area contributed by atoms with Gasteiger partial charge in [-0.25, -0.2) is 4.79 Å². The lowest BCUT2D eigenvalue weighted by Gasteiger charge is -2.26. The maximum absolute atomic E-state index is 12.2. The lowest BCUT2D eigenvalue weighted by molar-refractivity contribution is -0.220. The smallest absolute Gasteiger partial charge is 0.337 e. The minimum atomic E-state index is -0.729. The van der Waals surface area contributed by atoms with Crippen LogP contribution in [0, 0.1) is 0 Å². The highest BCUT2D eigenvalue weighted by Gasteiger charge is 2.36. The molecule has 6 saturated heterocycles. The van der Waals surface area contributed by atoms with Crippen molar-refractivity contribution in [2.24, 2.45) is 0 Å². The van der Waals surface area contributed by atoms with Gasteiger partial charge < -0.3 is 76.6 Å². The van der Waals surface area contributed by atoms with Gasteiger partial charge in [0.1, 0.15) is 44.2 Å². The molecule has 18 heteroatoms. The van der Waals surface area contributed by atoms with Gasteiger partial charge in [-0.3, -0.25) is 4.79 Å². The van der Waals surface area contributed by atoms with Crippen LogP contribution >= 0.6 is 0 Å². The summed E-state index contributed by atoms with van der Waals surface area (Å²) in [6, 6.07) is 57.8. The second-order valence-corrected chi connectivity index (χ2v) is 18.0. The zero-order valence-corrected chi connectivity index (χ0v) is 42.7. The van der Waals surface area contributed by atoms with Crippen LogP contribution in [0.15, 0.2) is 182 Å². The Morgan fingerprint density at radius 2 is 0.782 bits per heavy atom. The van der Waals surface area contributed by atoms with Crippen molar-refractivity contribution in [2.75, 3.05) is 66.1 Å². The van der Waals surface area contributed by atoms with Crippen LogP contribution in [-0.4, -0.2) is 125 Å². The molecule has 2 N–H and O–H groups in total. The Bertz CT molecular complexity index is 2550. The lowest BCUT2D eigenvalue weighted by Crippen LogP contribution is -2.30. The molecule has 0 amide bonds. The van der Waals surface area contributed by atoms with Crippen LogP contribution < -0.4 is 0 Å². The highest BCUT2D eigenvalue weighted by atomic mass is 16.8. The first-order valence-electron chi connectivity index (χ1n) is 25.6. The molecule has 78 heavy (non-hydrogen) atoms. The number of ether oxygens (including phenoxy) is 13. The number of benzene rings is 6. The molecule has 6 aromatic carbocycles. The van der Waals surface area contributed by atoms with Crippen LogP contribution in [0.1, 0.15) is 71.1 Å². The molecule has 412 valence electrons. The summed E-state index contributed by atoms with van der Waals surface area (Å²) in [4.78, 5) is 33.4. The Morgan fingerprint density at radius 3 is 1.19 bits per heavy atom. The maximum Gasteiger partial charge on any atom is 0.337 e. The summed E-state index contributed by atoms with van der Waals surface area (Å²) in [6.07, 6.45) is -3.67. The first-order chi connectivity index (χ1) is 38.3. The summed E-state index contributed by atoms with van der Waals surface area (Å²) in [5.41, 5.74) is 5.72. The Balaban J connectivity index is 0.000000134. The Hall–Kier alpha value is -6.43. The van der Waals surface area contributed by atoms with Crippen molar-refractivity contribution in [1.82, 2.24) is 0 Å². The molecule has 12 rings (SSSR count). The number of ketones is 1. The number of esters is 1. The topological polar surface area (TPSA) is 212 Å². The number of aldehydes is 1. The quantitative estimate of drug-likeness (QED) is 0.0947. The molecule has 6 aliphatic rings. The highest BCUT2D eigenvalue weighted by molar-refractivity contribution is 5.81. The zero-order valence-electron chi connectivity index (χ0n) is 42.7. The monoisotopic (exact) mass is 1070 g/mol. The molecule has 8 unspecified atom stereocenters. The molecule has 0 saturated carbocycles. The molecular weight excluding hydrogens is 1010 g/mol. The van der Waals surface area contributed by atoms with Gasteiger partial charge in [0.25, 0.3) is 0 Å². The van der Waals surface area contributed by atoms with Crippen LogP contribution in [-0.2, 0) is 76.0 Å². The number of carbonyl (C=O) groups is 3. The third-order valence-corrected chi connectivity index (χ3v) is 12.0. The van der Waals surface area contributed by atoms with E-state index in [4.69, 9.17) is 71.8 Å². The van der Waals surface area contributed by atoms with E-state index < -0.39 is 36.9 Å². The van der Waals surface area contributed by atoms with E-state index in [1.165, 1.54) is 0 Å². The summed E-state index contributed by atoms with van der Waals surface area (Å²) < 4.78 is 70.3. The Morgan fingerprint density at radius 1 is 0.436 bits per heavy atom. The summed E-state index contributed by atoms with van der Waals surface area (Å²) in [6.45, 7) is 2.51. The second kappa shape index (κ2) is 31.2. The van der Waals surface area contributed by atoms with Gasteiger partial charge in [0, 0.05) is 33.4 Å². The normalized spacial score (nSPS) is 26.5. The van der Waals surface area contributed by atoms with Crippen molar-refractivity contribution in [3.63, 3.8) is 0 Å². The van der Waals surface area contributed by atoms with Gasteiger partial charge in [-0.05, 0) is 0 Å². The molecule has 6 aromatic rings. The van der Waals surface area contributed by atoms with Gasteiger partial charge >= 0.3 is 5.97 Å².